The summed E-state index contributed by atoms with van der Waals surface area (Å²) in [5.41, 5.74) is 2.69. The van der Waals surface area contributed by atoms with Crippen molar-refractivity contribution in [2.45, 2.75) is 52.6 Å². The molecule has 0 atom stereocenters. The van der Waals surface area contributed by atoms with E-state index in [0.29, 0.717) is 0 Å². The molecule has 0 saturated heterocycles. The Morgan fingerprint density at radius 2 is 1.25 bits per heavy atom. The van der Waals surface area contributed by atoms with E-state index in [2.05, 4.69) is 52.0 Å². The van der Waals surface area contributed by atoms with Gasteiger partial charge in [-0.1, -0.05) is 25.9 Å². The third-order valence-corrected chi connectivity index (χ3v) is 3.48. The zero-order chi connectivity index (χ0) is 12.9. The van der Waals surface area contributed by atoms with Gasteiger partial charge < -0.3 is 24.8 Å². The quantitative estimate of drug-likeness (QED) is 0.331. The molecular formula is C16H25Cl2HfSi. The van der Waals surface area contributed by atoms with Gasteiger partial charge in [0.05, 0.1) is 0 Å². The molecule has 1 radical (unpaired) electrons. The summed E-state index contributed by atoms with van der Waals surface area (Å²) in [7, 11) is 0.815. The molecule has 20 heavy (non-hydrogen) atoms. The molecule has 0 aromatic heterocycles. The molecular weight excluding hydrogens is 470 g/mol. The van der Waals surface area contributed by atoms with Gasteiger partial charge in [0.25, 0.3) is 0 Å². The summed E-state index contributed by atoms with van der Waals surface area (Å²) < 4.78 is 0. The van der Waals surface area contributed by atoms with Crippen molar-refractivity contribution in [2.75, 3.05) is 0 Å². The molecule has 0 bridgehead atoms. The maximum atomic E-state index is 3.05. The third kappa shape index (κ3) is 20.9. The molecule has 0 aromatic carbocycles. The first-order chi connectivity index (χ1) is 8.20. The molecule has 0 spiro atoms. The van der Waals surface area contributed by atoms with Gasteiger partial charge in [-0.15, -0.1) is 26.7 Å². The molecule has 0 unspecified atom stereocenters. The minimum absolute atomic E-state index is 0. The molecule has 0 N–H and O–H groups in total. The summed E-state index contributed by atoms with van der Waals surface area (Å²) in [5, 5.41) is 0. The van der Waals surface area contributed by atoms with Gasteiger partial charge in [-0.3, -0.25) is 12.2 Å². The fourth-order valence-electron chi connectivity index (χ4n) is 1.29. The van der Waals surface area contributed by atoms with Crippen LogP contribution in [0.1, 0.15) is 40.5 Å². The minimum Gasteiger partial charge on any atom is -1.00 e. The van der Waals surface area contributed by atoms with Gasteiger partial charge in [-0.25, -0.2) is 23.3 Å². The van der Waals surface area contributed by atoms with Crippen LogP contribution >= 0.6 is 0 Å². The molecule has 0 aliphatic heterocycles. The maximum absolute atomic E-state index is 3.05. The Kier molecular flexibility index (Phi) is 31.5. The average molecular weight is 495 g/mol. The standard InChI is InChI=1S/2C6H7.C4H11Si.2ClH.Hf/c2*1-6-4-2-3-5-6;1-3-5-4-2;;;/h2*4-5H,2H2,1H3;5H,3-4H2,1-2H3;2*1H;/q2*-1;;;;+4/p-2. The van der Waals surface area contributed by atoms with Crippen molar-refractivity contribution in [3.05, 3.63) is 47.6 Å². The Hall–Kier alpha value is 0.627. The first-order valence-corrected chi connectivity index (χ1v) is 8.12. The Labute approximate surface area is 159 Å². The van der Waals surface area contributed by atoms with E-state index >= 15 is 0 Å². The molecule has 0 heterocycles. The average Bonchev–Trinajstić information content (AvgIpc) is 2.95. The number of rotatable bonds is 2. The third-order valence-electron chi connectivity index (χ3n) is 2.32. The van der Waals surface area contributed by atoms with E-state index in [-0.39, 0.29) is 50.7 Å². The zero-order valence-corrected chi connectivity index (χ0v) is 19.2. The zero-order valence-electron chi connectivity index (χ0n) is 13.0. The van der Waals surface area contributed by atoms with E-state index in [9.17, 15) is 0 Å². The first kappa shape index (κ1) is 28.7. The summed E-state index contributed by atoms with van der Waals surface area (Å²) >= 11 is 0. The number of hydrogen-bond donors (Lipinski definition) is 0. The fourth-order valence-corrected chi connectivity index (χ4v) is 1.86. The summed E-state index contributed by atoms with van der Waals surface area (Å²) in [5.74, 6) is 0. The van der Waals surface area contributed by atoms with Crippen LogP contribution in [0.15, 0.2) is 35.5 Å². The van der Waals surface area contributed by atoms with Crippen molar-refractivity contribution in [3.63, 3.8) is 0 Å². The van der Waals surface area contributed by atoms with Crippen LogP contribution in [-0.4, -0.2) is 9.52 Å². The van der Waals surface area contributed by atoms with Gasteiger partial charge in [0.2, 0.25) is 0 Å². The minimum atomic E-state index is 0. The number of allylic oxidation sites excluding steroid dienone is 8. The molecule has 4 heteroatoms. The summed E-state index contributed by atoms with van der Waals surface area (Å²) in [6, 6.07) is 2.85. The van der Waals surface area contributed by atoms with Gasteiger partial charge in [-0.05, 0) is 0 Å². The van der Waals surface area contributed by atoms with Crippen LogP contribution in [0.2, 0.25) is 12.1 Å². The largest absolute Gasteiger partial charge is 4.00 e. The molecule has 111 valence electrons. The van der Waals surface area contributed by atoms with Crippen LogP contribution in [-0.2, 0) is 25.8 Å². The van der Waals surface area contributed by atoms with E-state index in [0.717, 1.165) is 22.4 Å². The topological polar surface area (TPSA) is 0 Å². The van der Waals surface area contributed by atoms with Crippen molar-refractivity contribution in [1.82, 2.24) is 0 Å². The van der Waals surface area contributed by atoms with Crippen LogP contribution in [0.4, 0.5) is 0 Å². The van der Waals surface area contributed by atoms with Crippen LogP contribution in [0.25, 0.3) is 0 Å². The van der Waals surface area contributed by atoms with E-state index in [1.54, 1.807) is 0 Å². The Morgan fingerprint density at radius 1 is 0.900 bits per heavy atom. The monoisotopic (exact) mass is 495 g/mol. The van der Waals surface area contributed by atoms with Gasteiger partial charge in [-0.2, -0.15) is 12.2 Å². The molecule has 2 rings (SSSR count). The Balaban J connectivity index is -0.0000000899. The maximum Gasteiger partial charge on any atom is 4.00 e. The fraction of sp³-hybridized carbons (Fsp3) is 0.500. The van der Waals surface area contributed by atoms with Crippen LogP contribution < -0.4 is 24.8 Å². The van der Waals surface area contributed by atoms with Crippen LogP contribution in [0.5, 0.6) is 0 Å². The van der Waals surface area contributed by atoms with Gasteiger partial charge in [0, 0.05) is 9.52 Å². The summed E-state index contributed by atoms with van der Waals surface area (Å²) in [4.78, 5) is 0. The second kappa shape index (κ2) is 21.9. The SMILES string of the molecule is CC1=CC[C-]=C1.CC1=CC[C-]=C1.CC[SiH]CC.[Cl-].[Cl-].[Hf+4]. The van der Waals surface area contributed by atoms with Crippen molar-refractivity contribution in [2.24, 2.45) is 0 Å². The first-order valence-electron chi connectivity index (χ1n) is 6.49. The van der Waals surface area contributed by atoms with Crippen LogP contribution in [0, 0.1) is 12.2 Å². The van der Waals surface area contributed by atoms with Gasteiger partial charge in [0.1, 0.15) is 0 Å². The van der Waals surface area contributed by atoms with Crippen molar-refractivity contribution >= 4 is 9.52 Å². The predicted molar refractivity (Wildman–Crippen MR) is 80.5 cm³/mol. The predicted octanol–water partition coefficient (Wildman–Crippen LogP) is -1.30. The van der Waals surface area contributed by atoms with E-state index < -0.39 is 0 Å². The van der Waals surface area contributed by atoms with Gasteiger partial charge >= 0.3 is 25.8 Å². The molecule has 0 fully saturated rings. The second-order valence-corrected chi connectivity index (χ2v) is 6.32. The van der Waals surface area contributed by atoms with Crippen LogP contribution in [0.3, 0.4) is 0 Å². The molecule has 0 amide bonds. The molecule has 0 nitrogen and oxygen atoms in total. The van der Waals surface area contributed by atoms with Gasteiger partial charge in [0.15, 0.2) is 0 Å². The smallest absolute Gasteiger partial charge is 1.00 e. The summed E-state index contributed by atoms with van der Waals surface area (Å²) in [6.45, 7) is 8.66. The Morgan fingerprint density at radius 3 is 1.30 bits per heavy atom. The number of halogens is 2. The second-order valence-electron chi connectivity index (χ2n) is 4.11. The van der Waals surface area contributed by atoms with E-state index in [4.69, 9.17) is 0 Å². The normalized spacial score (nSPS) is 13.2. The number of hydrogen-bond acceptors (Lipinski definition) is 0. The van der Waals surface area contributed by atoms with Crippen molar-refractivity contribution < 1.29 is 50.7 Å². The summed E-state index contributed by atoms with van der Waals surface area (Å²) in [6.07, 6.45) is 16.5. The van der Waals surface area contributed by atoms with E-state index in [1.807, 2.05) is 12.2 Å². The van der Waals surface area contributed by atoms with Crippen molar-refractivity contribution in [3.8, 4) is 0 Å². The molecule has 2 aliphatic carbocycles. The Bertz CT molecular complexity index is 272. The van der Waals surface area contributed by atoms with E-state index in [1.165, 1.54) is 23.2 Å². The molecule has 0 aromatic rings. The van der Waals surface area contributed by atoms with Crippen molar-refractivity contribution in [1.29, 1.82) is 0 Å². The molecule has 2 aliphatic rings. The molecule has 0 saturated carbocycles.